The zero-order valence-corrected chi connectivity index (χ0v) is 11.4. The number of nitrogens with two attached hydrogens (primary N) is 1. The van der Waals surface area contributed by atoms with Crippen molar-refractivity contribution in [3.63, 3.8) is 0 Å². The largest absolute Gasteiger partial charge is 0.377 e. The van der Waals surface area contributed by atoms with Crippen LogP contribution in [0.15, 0.2) is 12.5 Å². The standard InChI is InChI=1S/C12H19N5O3/c1-14-11(18)10-7-20-5-4-17(10)12(19)9-6-16(3-2-13)8-15-9/h6,8,10H,2-5,7,13H2,1H3,(H,14,18). The number of nitrogens with zero attached hydrogens (tertiary/aromatic N) is 3. The zero-order valence-electron chi connectivity index (χ0n) is 11.4. The zero-order chi connectivity index (χ0) is 14.5. The molecule has 1 saturated heterocycles. The second-order valence-corrected chi connectivity index (χ2v) is 4.49. The smallest absolute Gasteiger partial charge is 0.274 e. The van der Waals surface area contributed by atoms with Crippen LogP contribution in [0, 0.1) is 0 Å². The molecular formula is C12H19N5O3. The summed E-state index contributed by atoms with van der Waals surface area (Å²) >= 11 is 0. The second kappa shape index (κ2) is 6.49. The van der Waals surface area contributed by atoms with Gasteiger partial charge in [0.25, 0.3) is 5.91 Å². The molecule has 0 spiro atoms. The highest BCUT2D eigenvalue weighted by Crippen LogP contribution is 2.12. The van der Waals surface area contributed by atoms with E-state index in [9.17, 15) is 9.59 Å². The van der Waals surface area contributed by atoms with E-state index in [1.807, 2.05) is 0 Å². The Bertz CT molecular complexity index is 487. The van der Waals surface area contributed by atoms with Crippen molar-refractivity contribution in [1.82, 2.24) is 19.8 Å². The Morgan fingerprint density at radius 3 is 3.10 bits per heavy atom. The van der Waals surface area contributed by atoms with Crippen LogP contribution in [0.2, 0.25) is 0 Å². The van der Waals surface area contributed by atoms with Gasteiger partial charge in [-0.2, -0.15) is 0 Å². The van der Waals surface area contributed by atoms with E-state index in [0.717, 1.165) is 0 Å². The van der Waals surface area contributed by atoms with E-state index in [0.29, 0.717) is 31.9 Å². The number of carbonyl (C=O) groups is 2. The number of ether oxygens (including phenoxy) is 1. The summed E-state index contributed by atoms with van der Waals surface area (Å²) < 4.78 is 7.02. The molecule has 0 radical (unpaired) electrons. The van der Waals surface area contributed by atoms with Crippen LogP contribution in [-0.4, -0.2) is 65.7 Å². The molecule has 8 heteroatoms. The lowest BCUT2D eigenvalue weighted by Gasteiger charge is -2.33. The Balaban J connectivity index is 2.14. The van der Waals surface area contributed by atoms with Crippen LogP contribution in [0.3, 0.4) is 0 Å². The number of hydrogen-bond acceptors (Lipinski definition) is 5. The molecule has 1 aromatic heterocycles. The molecular weight excluding hydrogens is 262 g/mol. The Morgan fingerprint density at radius 2 is 2.40 bits per heavy atom. The summed E-state index contributed by atoms with van der Waals surface area (Å²) in [6.45, 7) is 2.07. The maximum Gasteiger partial charge on any atom is 0.274 e. The molecule has 1 aliphatic heterocycles. The van der Waals surface area contributed by atoms with Crippen LogP contribution in [0.5, 0.6) is 0 Å². The van der Waals surface area contributed by atoms with E-state index in [1.54, 1.807) is 17.1 Å². The highest BCUT2D eigenvalue weighted by Gasteiger charge is 2.33. The third-order valence-corrected chi connectivity index (χ3v) is 3.18. The van der Waals surface area contributed by atoms with Gasteiger partial charge in [0.1, 0.15) is 11.7 Å². The predicted octanol–water partition coefficient (Wildman–Crippen LogP) is -1.57. The van der Waals surface area contributed by atoms with Gasteiger partial charge < -0.3 is 25.3 Å². The van der Waals surface area contributed by atoms with Gasteiger partial charge in [-0.15, -0.1) is 0 Å². The minimum absolute atomic E-state index is 0.203. The van der Waals surface area contributed by atoms with Crippen LogP contribution in [-0.2, 0) is 16.1 Å². The van der Waals surface area contributed by atoms with E-state index in [2.05, 4.69) is 10.3 Å². The lowest BCUT2D eigenvalue weighted by Crippen LogP contribution is -2.55. The molecule has 8 nitrogen and oxygen atoms in total. The number of imidazole rings is 1. The molecule has 0 aliphatic carbocycles. The van der Waals surface area contributed by atoms with Crippen molar-refractivity contribution in [2.24, 2.45) is 5.73 Å². The van der Waals surface area contributed by atoms with Gasteiger partial charge in [0.05, 0.1) is 19.5 Å². The van der Waals surface area contributed by atoms with Gasteiger partial charge in [0, 0.05) is 32.9 Å². The van der Waals surface area contributed by atoms with Crippen molar-refractivity contribution in [2.45, 2.75) is 12.6 Å². The van der Waals surface area contributed by atoms with Crippen LogP contribution in [0.25, 0.3) is 0 Å². The van der Waals surface area contributed by atoms with Crippen molar-refractivity contribution in [3.05, 3.63) is 18.2 Å². The number of hydrogen-bond donors (Lipinski definition) is 2. The lowest BCUT2D eigenvalue weighted by molar-refractivity contribution is -0.130. The van der Waals surface area contributed by atoms with Crippen molar-refractivity contribution >= 4 is 11.8 Å². The van der Waals surface area contributed by atoms with E-state index in [4.69, 9.17) is 10.5 Å². The van der Waals surface area contributed by atoms with Crippen LogP contribution in [0.4, 0.5) is 0 Å². The normalized spacial score (nSPS) is 18.9. The molecule has 0 aromatic carbocycles. The van der Waals surface area contributed by atoms with Crippen molar-refractivity contribution in [2.75, 3.05) is 33.4 Å². The fourth-order valence-electron chi connectivity index (χ4n) is 2.12. The van der Waals surface area contributed by atoms with Crippen molar-refractivity contribution in [3.8, 4) is 0 Å². The minimum Gasteiger partial charge on any atom is -0.377 e. The van der Waals surface area contributed by atoms with Gasteiger partial charge in [-0.3, -0.25) is 9.59 Å². The monoisotopic (exact) mass is 281 g/mol. The molecule has 1 aromatic rings. The summed E-state index contributed by atoms with van der Waals surface area (Å²) in [7, 11) is 1.54. The lowest BCUT2D eigenvalue weighted by atomic mass is 10.2. The summed E-state index contributed by atoms with van der Waals surface area (Å²) in [4.78, 5) is 29.8. The molecule has 2 heterocycles. The highest BCUT2D eigenvalue weighted by atomic mass is 16.5. The van der Waals surface area contributed by atoms with Crippen molar-refractivity contribution in [1.29, 1.82) is 0 Å². The van der Waals surface area contributed by atoms with Gasteiger partial charge in [0.15, 0.2) is 0 Å². The molecule has 0 saturated carbocycles. The van der Waals surface area contributed by atoms with Gasteiger partial charge in [-0.1, -0.05) is 0 Å². The first-order valence-corrected chi connectivity index (χ1v) is 6.49. The quantitative estimate of drug-likeness (QED) is 0.694. The van der Waals surface area contributed by atoms with Crippen molar-refractivity contribution < 1.29 is 14.3 Å². The molecule has 0 bridgehead atoms. The van der Waals surface area contributed by atoms with Gasteiger partial charge in [0.2, 0.25) is 5.91 Å². The maximum absolute atomic E-state index is 12.4. The van der Waals surface area contributed by atoms with E-state index in [-0.39, 0.29) is 18.4 Å². The molecule has 2 rings (SSSR count). The minimum atomic E-state index is -0.610. The molecule has 1 atom stereocenters. The number of amides is 2. The summed E-state index contributed by atoms with van der Waals surface area (Å²) in [5, 5.41) is 2.54. The number of nitrogens with one attached hydrogen (secondary N) is 1. The SMILES string of the molecule is CNC(=O)C1COCCN1C(=O)c1cn(CCN)cn1. The van der Waals surface area contributed by atoms with Crippen LogP contribution >= 0.6 is 0 Å². The molecule has 20 heavy (non-hydrogen) atoms. The van der Waals surface area contributed by atoms with Crippen LogP contribution in [0.1, 0.15) is 10.5 Å². The Labute approximate surface area is 116 Å². The molecule has 2 amide bonds. The molecule has 1 fully saturated rings. The number of rotatable bonds is 4. The highest BCUT2D eigenvalue weighted by molar-refractivity contribution is 5.96. The summed E-state index contributed by atoms with van der Waals surface area (Å²) in [5.41, 5.74) is 5.77. The first-order valence-electron chi connectivity index (χ1n) is 6.49. The third-order valence-electron chi connectivity index (χ3n) is 3.18. The Kier molecular flexibility index (Phi) is 4.70. The second-order valence-electron chi connectivity index (χ2n) is 4.49. The summed E-state index contributed by atoms with van der Waals surface area (Å²) in [6, 6.07) is -0.610. The molecule has 1 unspecified atom stereocenters. The van der Waals surface area contributed by atoms with Gasteiger partial charge in [-0.25, -0.2) is 4.98 Å². The van der Waals surface area contributed by atoms with E-state index in [1.165, 1.54) is 11.9 Å². The van der Waals surface area contributed by atoms with E-state index >= 15 is 0 Å². The molecule has 1 aliphatic rings. The number of morpholine rings is 1. The predicted molar refractivity (Wildman–Crippen MR) is 71.0 cm³/mol. The maximum atomic E-state index is 12.4. The van der Waals surface area contributed by atoms with Crippen LogP contribution < -0.4 is 11.1 Å². The van der Waals surface area contributed by atoms with Gasteiger partial charge in [-0.05, 0) is 0 Å². The summed E-state index contributed by atoms with van der Waals surface area (Å²) in [6.07, 6.45) is 3.21. The van der Waals surface area contributed by atoms with E-state index < -0.39 is 6.04 Å². The fourth-order valence-corrected chi connectivity index (χ4v) is 2.12. The Hall–Kier alpha value is -1.93. The number of carbonyl (C=O) groups excluding carboxylic acids is 2. The summed E-state index contributed by atoms with van der Waals surface area (Å²) in [5.74, 6) is -0.503. The first-order chi connectivity index (χ1) is 9.67. The topological polar surface area (TPSA) is 102 Å². The average molecular weight is 281 g/mol. The number of aromatic nitrogens is 2. The number of likely N-dealkylation sites (N-methyl/N-ethyl adjacent to an activating group) is 1. The average Bonchev–Trinajstić information content (AvgIpc) is 2.94. The Morgan fingerprint density at radius 1 is 1.60 bits per heavy atom. The fraction of sp³-hybridized carbons (Fsp3) is 0.583. The molecule has 3 N–H and O–H groups in total. The third kappa shape index (κ3) is 2.97. The van der Waals surface area contributed by atoms with Gasteiger partial charge >= 0.3 is 0 Å². The molecule has 110 valence electrons. The first kappa shape index (κ1) is 14.5.